The maximum Gasteiger partial charge on any atom is 0.337 e. The average molecular weight is 433 g/mol. The van der Waals surface area contributed by atoms with Crippen LogP contribution in [0.1, 0.15) is 47.4 Å². The van der Waals surface area contributed by atoms with Crippen molar-refractivity contribution in [2.75, 3.05) is 10.6 Å². The molecule has 2 aromatic carbocycles. The lowest BCUT2D eigenvalue weighted by Crippen LogP contribution is -2.21. The molecule has 0 atom stereocenters. The Morgan fingerprint density at radius 2 is 1.63 bits per heavy atom. The van der Waals surface area contributed by atoms with Crippen LogP contribution >= 0.6 is 15.9 Å². The number of anilines is 2. The summed E-state index contributed by atoms with van der Waals surface area (Å²) in [4.78, 5) is 35.8. The van der Waals surface area contributed by atoms with Crippen molar-refractivity contribution in [3.05, 3.63) is 58.1 Å². The number of carbonyl (C=O) groups excluding carboxylic acids is 2. The maximum atomic E-state index is 12.4. The van der Waals surface area contributed by atoms with Gasteiger partial charge in [0.2, 0.25) is 5.91 Å². The summed E-state index contributed by atoms with van der Waals surface area (Å²) in [5.74, 6) is -1.65. The molecule has 3 N–H and O–H groups in total. The van der Waals surface area contributed by atoms with Crippen molar-refractivity contribution in [3.8, 4) is 0 Å². The van der Waals surface area contributed by atoms with Gasteiger partial charge in [-0.3, -0.25) is 9.59 Å². The highest BCUT2D eigenvalue weighted by Gasteiger charge is 2.16. The fourth-order valence-corrected chi connectivity index (χ4v) is 2.97. The van der Waals surface area contributed by atoms with Crippen LogP contribution in [0.15, 0.2) is 46.9 Å². The van der Waals surface area contributed by atoms with Gasteiger partial charge >= 0.3 is 5.97 Å². The summed E-state index contributed by atoms with van der Waals surface area (Å²) < 4.78 is 0.655. The van der Waals surface area contributed by atoms with Gasteiger partial charge in [0.15, 0.2) is 0 Å². The fraction of sp³-hybridized carbons (Fsp3) is 0.250. The summed E-state index contributed by atoms with van der Waals surface area (Å²) in [7, 11) is 0. The fourth-order valence-electron chi connectivity index (χ4n) is 2.61. The van der Waals surface area contributed by atoms with Crippen molar-refractivity contribution in [2.24, 2.45) is 5.92 Å². The maximum absolute atomic E-state index is 12.4. The highest BCUT2D eigenvalue weighted by atomic mass is 79.9. The van der Waals surface area contributed by atoms with Crippen molar-refractivity contribution in [1.82, 2.24) is 0 Å². The van der Waals surface area contributed by atoms with E-state index in [0.717, 1.165) is 12.8 Å². The van der Waals surface area contributed by atoms with Gasteiger partial charge < -0.3 is 15.7 Å². The predicted molar refractivity (Wildman–Crippen MR) is 108 cm³/mol. The Hall–Kier alpha value is -2.67. The minimum absolute atomic E-state index is 0.000562. The quantitative estimate of drug-likeness (QED) is 0.586. The van der Waals surface area contributed by atoms with Gasteiger partial charge in [0, 0.05) is 21.6 Å². The molecule has 0 saturated carbocycles. The zero-order valence-electron chi connectivity index (χ0n) is 15.1. The van der Waals surface area contributed by atoms with Crippen LogP contribution in [0.3, 0.4) is 0 Å². The molecule has 0 aliphatic carbocycles. The summed E-state index contributed by atoms with van der Waals surface area (Å²) in [6.07, 6.45) is 1.53. The third-order valence-electron chi connectivity index (χ3n) is 4.23. The third kappa shape index (κ3) is 5.40. The predicted octanol–water partition coefficient (Wildman–Crippen LogP) is 4.77. The second-order valence-corrected chi connectivity index (χ2v) is 6.94. The zero-order valence-corrected chi connectivity index (χ0v) is 16.7. The number of carboxylic acid groups (broad SMARTS) is 1. The van der Waals surface area contributed by atoms with Gasteiger partial charge in [0.05, 0.1) is 11.3 Å². The summed E-state index contributed by atoms with van der Waals surface area (Å²) in [6, 6.07) is 11.0. The molecular formula is C20H21BrN2O4. The molecule has 2 amide bonds. The molecule has 2 rings (SSSR count). The van der Waals surface area contributed by atoms with Gasteiger partial charge in [-0.25, -0.2) is 4.79 Å². The van der Waals surface area contributed by atoms with E-state index in [4.69, 9.17) is 0 Å². The number of amides is 2. The molecule has 2 aromatic rings. The molecule has 142 valence electrons. The minimum atomic E-state index is -1.13. The molecule has 0 fully saturated rings. The van der Waals surface area contributed by atoms with E-state index in [2.05, 4.69) is 26.6 Å². The van der Waals surface area contributed by atoms with E-state index >= 15 is 0 Å². The van der Waals surface area contributed by atoms with Gasteiger partial charge in [0.1, 0.15) is 0 Å². The molecule has 0 unspecified atom stereocenters. The Morgan fingerprint density at radius 3 is 2.19 bits per heavy atom. The smallest absolute Gasteiger partial charge is 0.337 e. The summed E-state index contributed by atoms with van der Waals surface area (Å²) >= 11 is 3.26. The standard InChI is InChI=1S/C20H21BrN2O4/c1-3-12(4-2)18(24)22-15-8-5-13(6-9-15)19(25)23-17-11-14(21)7-10-16(17)20(26)27/h5-12H,3-4H2,1-2H3,(H,22,24)(H,23,25)(H,26,27). The van der Waals surface area contributed by atoms with Crippen LogP contribution in [0.5, 0.6) is 0 Å². The monoisotopic (exact) mass is 432 g/mol. The van der Waals surface area contributed by atoms with Crippen LogP contribution in [0, 0.1) is 5.92 Å². The Labute approximate surface area is 166 Å². The number of halogens is 1. The van der Waals surface area contributed by atoms with Crippen molar-refractivity contribution < 1.29 is 19.5 Å². The molecule has 0 radical (unpaired) electrons. The largest absolute Gasteiger partial charge is 0.478 e. The highest BCUT2D eigenvalue weighted by Crippen LogP contribution is 2.23. The third-order valence-corrected chi connectivity index (χ3v) is 4.72. The number of aromatic carboxylic acids is 1. The summed E-state index contributed by atoms with van der Waals surface area (Å²) in [5, 5.41) is 14.7. The van der Waals surface area contributed by atoms with Crippen LogP contribution in [-0.2, 0) is 4.79 Å². The Kier molecular flexibility index (Phi) is 7.12. The molecule has 6 nitrogen and oxygen atoms in total. The Bertz CT molecular complexity index is 846. The molecule has 0 heterocycles. The second kappa shape index (κ2) is 9.32. The molecule has 7 heteroatoms. The molecule has 27 heavy (non-hydrogen) atoms. The number of nitrogens with one attached hydrogen (secondary N) is 2. The van der Waals surface area contributed by atoms with Crippen molar-refractivity contribution in [1.29, 1.82) is 0 Å². The molecule has 0 aliphatic heterocycles. The lowest BCUT2D eigenvalue weighted by molar-refractivity contribution is -0.120. The molecule has 0 spiro atoms. The average Bonchev–Trinajstić information content (AvgIpc) is 2.63. The first-order valence-electron chi connectivity index (χ1n) is 8.60. The van der Waals surface area contributed by atoms with E-state index in [1.807, 2.05) is 13.8 Å². The van der Waals surface area contributed by atoms with E-state index in [1.165, 1.54) is 12.1 Å². The number of benzene rings is 2. The number of rotatable bonds is 7. The lowest BCUT2D eigenvalue weighted by Gasteiger charge is -2.13. The molecule has 0 saturated heterocycles. The minimum Gasteiger partial charge on any atom is -0.478 e. The zero-order chi connectivity index (χ0) is 20.0. The van der Waals surface area contributed by atoms with Gasteiger partial charge in [-0.15, -0.1) is 0 Å². The number of carbonyl (C=O) groups is 3. The van der Waals surface area contributed by atoms with Crippen molar-refractivity contribution >= 4 is 45.1 Å². The van der Waals surface area contributed by atoms with E-state index in [1.54, 1.807) is 30.3 Å². The van der Waals surface area contributed by atoms with Gasteiger partial charge in [0.25, 0.3) is 5.91 Å². The molecular weight excluding hydrogens is 412 g/mol. The van der Waals surface area contributed by atoms with E-state index < -0.39 is 11.9 Å². The summed E-state index contributed by atoms with van der Waals surface area (Å²) in [6.45, 7) is 3.93. The first kappa shape index (κ1) is 20.6. The van der Waals surface area contributed by atoms with Crippen molar-refractivity contribution in [2.45, 2.75) is 26.7 Å². The normalized spacial score (nSPS) is 10.5. The molecule has 0 bridgehead atoms. The molecule has 0 aromatic heterocycles. The Morgan fingerprint density at radius 1 is 1.00 bits per heavy atom. The van der Waals surface area contributed by atoms with Crippen LogP contribution in [0.4, 0.5) is 11.4 Å². The SMILES string of the molecule is CCC(CC)C(=O)Nc1ccc(C(=O)Nc2cc(Br)ccc2C(=O)O)cc1. The van der Waals surface area contributed by atoms with Crippen LogP contribution < -0.4 is 10.6 Å². The van der Waals surface area contributed by atoms with Crippen LogP contribution in [0.25, 0.3) is 0 Å². The van der Waals surface area contributed by atoms with Crippen molar-refractivity contribution in [3.63, 3.8) is 0 Å². The second-order valence-electron chi connectivity index (χ2n) is 6.03. The van der Waals surface area contributed by atoms with E-state index in [-0.39, 0.29) is 23.1 Å². The van der Waals surface area contributed by atoms with E-state index in [9.17, 15) is 19.5 Å². The Balaban J connectivity index is 2.11. The number of hydrogen-bond acceptors (Lipinski definition) is 3. The van der Waals surface area contributed by atoms with Gasteiger partial charge in [-0.1, -0.05) is 29.8 Å². The first-order chi connectivity index (χ1) is 12.8. The van der Waals surface area contributed by atoms with Crippen LogP contribution in [0.2, 0.25) is 0 Å². The number of carboxylic acids is 1. The lowest BCUT2D eigenvalue weighted by atomic mass is 10.0. The first-order valence-corrected chi connectivity index (χ1v) is 9.40. The topological polar surface area (TPSA) is 95.5 Å². The number of hydrogen-bond donors (Lipinski definition) is 3. The molecule has 0 aliphatic rings. The van der Waals surface area contributed by atoms with Crippen LogP contribution in [-0.4, -0.2) is 22.9 Å². The summed E-state index contributed by atoms with van der Waals surface area (Å²) in [5.41, 5.74) is 1.16. The highest BCUT2D eigenvalue weighted by molar-refractivity contribution is 9.10. The van der Waals surface area contributed by atoms with Gasteiger partial charge in [-0.2, -0.15) is 0 Å². The van der Waals surface area contributed by atoms with E-state index in [0.29, 0.717) is 15.7 Å². The van der Waals surface area contributed by atoms with Gasteiger partial charge in [-0.05, 0) is 55.3 Å².